The maximum absolute atomic E-state index is 13.7. The van der Waals surface area contributed by atoms with Crippen LogP contribution in [0.3, 0.4) is 0 Å². The summed E-state index contributed by atoms with van der Waals surface area (Å²) in [6, 6.07) is 24.5. The maximum Gasteiger partial charge on any atom is 0.248 e. The number of hydrogen-bond acceptors (Lipinski definition) is 3. The molecule has 0 aliphatic heterocycles. The molecular weight excluding hydrogens is 527 g/mol. The highest BCUT2D eigenvalue weighted by Gasteiger charge is 2.20. The van der Waals surface area contributed by atoms with Crippen molar-refractivity contribution >= 4 is 38.7 Å². The van der Waals surface area contributed by atoms with Crippen molar-refractivity contribution in [3.63, 3.8) is 0 Å². The molecule has 7 rings (SSSR count). The highest BCUT2D eigenvalue weighted by molar-refractivity contribution is 6.15. The monoisotopic (exact) mass is 562 g/mol. The molecule has 1 aliphatic rings. The first-order valence-corrected chi connectivity index (χ1v) is 14.5. The van der Waals surface area contributed by atoms with Gasteiger partial charge in [0.15, 0.2) is 0 Å². The third-order valence-electron chi connectivity index (χ3n) is 8.65. The van der Waals surface area contributed by atoms with Crippen molar-refractivity contribution in [2.75, 3.05) is 6.61 Å². The Balaban J connectivity index is 0.000000302. The zero-order chi connectivity index (χ0) is 29.4. The van der Waals surface area contributed by atoms with E-state index in [2.05, 4.69) is 34.7 Å². The van der Waals surface area contributed by atoms with Crippen molar-refractivity contribution in [3.8, 4) is 17.1 Å². The molecule has 6 aromatic rings. The topological polar surface area (TPSA) is 96.9 Å². The summed E-state index contributed by atoms with van der Waals surface area (Å²) in [6.45, 7) is 4.54. The summed E-state index contributed by atoms with van der Waals surface area (Å²) in [5.41, 5.74) is 12.1. The minimum atomic E-state index is -0.440. The van der Waals surface area contributed by atoms with Gasteiger partial charge in [-0.15, -0.1) is 0 Å². The maximum atomic E-state index is 13.7. The summed E-state index contributed by atoms with van der Waals surface area (Å²) >= 11 is 0. The van der Waals surface area contributed by atoms with E-state index in [-0.39, 0.29) is 5.82 Å². The molecule has 2 heterocycles. The fourth-order valence-corrected chi connectivity index (χ4v) is 6.33. The van der Waals surface area contributed by atoms with E-state index in [1.807, 2.05) is 43.3 Å². The van der Waals surface area contributed by atoms with Crippen LogP contribution in [0.5, 0.6) is 0 Å². The SMILES string of the molecule is CC1CCCCC1CO.Cc1cc(-n2c3ccccc3c3c(-c4nc5ccc(F)cc5[nH]4)cccc32)ccc1C(N)=O. The van der Waals surface area contributed by atoms with Gasteiger partial charge in [-0.05, 0) is 79.3 Å². The fourth-order valence-electron chi connectivity index (χ4n) is 6.33. The average molecular weight is 563 g/mol. The van der Waals surface area contributed by atoms with Crippen molar-refractivity contribution in [2.45, 2.75) is 39.5 Å². The lowest BCUT2D eigenvalue weighted by atomic mass is 9.81. The van der Waals surface area contributed by atoms with Gasteiger partial charge in [0.25, 0.3) is 0 Å². The second-order valence-corrected chi connectivity index (χ2v) is 11.4. The van der Waals surface area contributed by atoms with E-state index in [0.29, 0.717) is 34.9 Å². The molecule has 0 bridgehead atoms. The van der Waals surface area contributed by atoms with E-state index in [4.69, 9.17) is 15.8 Å². The largest absolute Gasteiger partial charge is 0.396 e. The van der Waals surface area contributed by atoms with E-state index in [9.17, 15) is 9.18 Å². The highest BCUT2D eigenvalue weighted by atomic mass is 19.1. The lowest BCUT2D eigenvalue weighted by Gasteiger charge is -2.26. The number of carbonyl (C=O) groups excluding carboxylic acids is 1. The number of amides is 1. The number of halogens is 1. The van der Waals surface area contributed by atoms with Crippen LogP contribution in [-0.4, -0.2) is 32.2 Å². The molecule has 0 saturated heterocycles. The number of imidazole rings is 1. The van der Waals surface area contributed by atoms with Gasteiger partial charge in [0, 0.05) is 34.2 Å². The molecule has 4 aromatic carbocycles. The molecule has 1 aliphatic carbocycles. The van der Waals surface area contributed by atoms with Crippen LogP contribution < -0.4 is 5.73 Å². The number of aliphatic hydroxyl groups is 1. The van der Waals surface area contributed by atoms with E-state index >= 15 is 0 Å². The lowest BCUT2D eigenvalue weighted by molar-refractivity contribution is 0.0999. The third kappa shape index (κ3) is 5.05. The van der Waals surface area contributed by atoms with Gasteiger partial charge in [-0.3, -0.25) is 4.79 Å². The Morgan fingerprint density at radius 3 is 2.55 bits per heavy atom. The summed E-state index contributed by atoms with van der Waals surface area (Å²) in [5.74, 6) is 1.32. The van der Waals surface area contributed by atoms with E-state index < -0.39 is 5.91 Å². The first-order valence-electron chi connectivity index (χ1n) is 14.5. The molecule has 2 unspecified atom stereocenters. The number of fused-ring (bicyclic) bond motifs is 4. The average Bonchev–Trinajstić information content (AvgIpc) is 3.56. The molecule has 1 fully saturated rings. The molecule has 4 N–H and O–H groups in total. The van der Waals surface area contributed by atoms with E-state index in [1.54, 1.807) is 12.1 Å². The number of primary amides is 1. The van der Waals surface area contributed by atoms with Crippen LogP contribution in [0.15, 0.2) is 78.9 Å². The Morgan fingerprint density at radius 1 is 1.02 bits per heavy atom. The van der Waals surface area contributed by atoms with Crippen molar-refractivity contribution in [2.24, 2.45) is 17.6 Å². The zero-order valence-electron chi connectivity index (χ0n) is 23.9. The number of carbonyl (C=O) groups is 1. The first kappa shape index (κ1) is 27.7. The number of H-pyrrole nitrogens is 1. The summed E-state index contributed by atoms with van der Waals surface area (Å²) in [6.07, 6.45) is 5.27. The molecule has 0 radical (unpaired) electrons. The number of rotatable bonds is 4. The Hall–Kier alpha value is -4.49. The number of benzene rings is 4. The number of aromatic amines is 1. The van der Waals surface area contributed by atoms with Gasteiger partial charge in [0.2, 0.25) is 5.91 Å². The van der Waals surface area contributed by atoms with Crippen LogP contribution >= 0.6 is 0 Å². The Bertz CT molecular complexity index is 1920. The molecule has 1 saturated carbocycles. The van der Waals surface area contributed by atoms with Gasteiger partial charge in [-0.2, -0.15) is 0 Å². The minimum Gasteiger partial charge on any atom is -0.396 e. The molecule has 6 nitrogen and oxygen atoms in total. The number of para-hydroxylation sites is 1. The summed E-state index contributed by atoms with van der Waals surface area (Å²) in [4.78, 5) is 19.7. The van der Waals surface area contributed by atoms with E-state index in [1.165, 1.54) is 37.8 Å². The number of aliphatic hydroxyl groups excluding tert-OH is 1. The normalized spacial score (nSPS) is 17.0. The molecule has 7 heteroatoms. The van der Waals surface area contributed by atoms with Gasteiger partial charge in [0.1, 0.15) is 11.6 Å². The number of aromatic nitrogens is 3. The second-order valence-electron chi connectivity index (χ2n) is 11.4. The fraction of sp³-hybridized carbons (Fsp3) is 0.257. The van der Waals surface area contributed by atoms with Crippen LogP contribution in [-0.2, 0) is 0 Å². The van der Waals surface area contributed by atoms with Crippen LogP contribution in [0, 0.1) is 24.6 Å². The number of nitrogens with zero attached hydrogens (tertiary/aromatic N) is 2. The Kier molecular flexibility index (Phi) is 7.52. The van der Waals surface area contributed by atoms with Crippen molar-refractivity contribution in [3.05, 3.63) is 95.8 Å². The molecule has 0 spiro atoms. The predicted molar refractivity (Wildman–Crippen MR) is 167 cm³/mol. The predicted octanol–water partition coefficient (Wildman–Crippen LogP) is 7.68. The van der Waals surface area contributed by atoms with Gasteiger partial charge >= 0.3 is 0 Å². The second kappa shape index (κ2) is 11.4. The van der Waals surface area contributed by atoms with Gasteiger partial charge < -0.3 is 20.4 Å². The lowest BCUT2D eigenvalue weighted by Crippen LogP contribution is -2.19. The number of hydrogen-bond donors (Lipinski definition) is 3. The molecule has 214 valence electrons. The quantitative estimate of drug-likeness (QED) is 0.206. The minimum absolute atomic E-state index is 0.303. The van der Waals surface area contributed by atoms with Crippen molar-refractivity contribution in [1.29, 1.82) is 0 Å². The third-order valence-corrected chi connectivity index (χ3v) is 8.65. The zero-order valence-corrected chi connectivity index (χ0v) is 23.9. The molecular formula is C35H35FN4O2. The van der Waals surface area contributed by atoms with Crippen LogP contribution in [0.4, 0.5) is 4.39 Å². The van der Waals surface area contributed by atoms with Crippen molar-refractivity contribution in [1.82, 2.24) is 14.5 Å². The number of nitrogens with one attached hydrogen (secondary N) is 1. The Morgan fingerprint density at radius 2 is 1.81 bits per heavy atom. The van der Waals surface area contributed by atoms with Crippen LogP contribution in [0.25, 0.3) is 49.9 Å². The molecule has 2 atom stereocenters. The smallest absolute Gasteiger partial charge is 0.248 e. The molecule has 1 amide bonds. The number of aryl methyl sites for hydroxylation is 1. The molecule has 42 heavy (non-hydrogen) atoms. The van der Waals surface area contributed by atoms with Crippen LogP contribution in [0.1, 0.15) is 48.5 Å². The van der Waals surface area contributed by atoms with Gasteiger partial charge in [-0.25, -0.2) is 9.37 Å². The highest BCUT2D eigenvalue weighted by Crippen LogP contribution is 2.38. The Labute approximate surface area is 244 Å². The van der Waals surface area contributed by atoms with E-state index in [0.717, 1.165) is 44.5 Å². The summed E-state index contributed by atoms with van der Waals surface area (Å²) in [5, 5.41) is 11.0. The van der Waals surface area contributed by atoms with Crippen molar-refractivity contribution < 1.29 is 14.3 Å². The van der Waals surface area contributed by atoms with Crippen LogP contribution in [0.2, 0.25) is 0 Å². The first-order chi connectivity index (χ1) is 20.4. The van der Waals surface area contributed by atoms with Gasteiger partial charge in [-0.1, -0.05) is 56.5 Å². The summed E-state index contributed by atoms with van der Waals surface area (Å²) in [7, 11) is 0. The number of nitrogens with two attached hydrogens (primary N) is 1. The summed E-state index contributed by atoms with van der Waals surface area (Å²) < 4.78 is 15.9. The standard InChI is InChI=1S/C27H19FN4O.C8H16O/c1-15-13-17(10-11-18(15)26(29)33)32-23-7-3-2-5-19(23)25-20(6-4-8-24(25)32)27-30-21-12-9-16(28)14-22(21)31-27;1-7-4-2-3-5-8(7)6-9/h2-14H,1H3,(H2,29,33)(H,30,31);7-9H,2-6H2,1H3. The molecule has 2 aromatic heterocycles. The van der Waals surface area contributed by atoms with Gasteiger partial charge in [0.05, 0.1) is 22.1 Å².